The van der Waals surface area contributed by atoms with Crippen molar-refractivity contribution in [2.75, 3.05) is 6.61 Å². The van der Waals surface area contributed by atoms with E-state index in [1.165, 1.54) is 12.1 Å². The molecule has 2 atom stereocenters. The van der Waals surface area contributed by atoms with E-state index < -0.39 is 20.0 Å². The van der Waals surface area contributed by atoms with Crippen LogP contribution in [0.25, 0.3) is 11.3 Å². The van der Waals surface area contributed by atoms with Crippen molar-refractivity contribution < 1.29 is 19.0 Å². The van der Waals surface area contributed by atoms with E-state index in [0.717, 1.165) is 6.04 Å². The van der Waals surface area contributed by atoms with Gasteiger partial charge in [0.05, 0.1) is 17.3 Å². The minimum absolute atomic E-state index is 0.0186. The molecular weight excluding hydrogens is 515 g/mol. The Balaban J connectivity index is 1.62. The molecule has 0 saturated carbocycles. The lowest BCUT2D eigenvalue weighted by atomic mass is 10.1. The highest BCUT2D eigenvalue weighted by atomic mass is 35.5. The topological polar surface area (TPSA) is 118 Å². The Labute approximate surface area is 221 Å². The quantitative estimate of drug-likeness (QED) is 0.268. The van der Waals surface area contributed by atoms with Gasteiger partial charge in [-0.3, -0.25) is 9.48 Å². The smallest absolute Gasteiger partial charge is 0.271 e. The molecule has 198 valence electrons. The lowest BCUT2D eigenvalue weighted by Gasteiger charge is -2.16. The number of ether oxygens (including phenoxy) is 1. The molecule has 9 nitrogen and oxygen atoms in total. The molecular formula is C25H32ClFN6O3Si. The molecule has 1 aromatic carbocycles. The van der Waals surface area contributed by atoms with Gasteiger partial charge in [0.1, 0.15) is 41.8 Å². The summed E-state index contributed by atoms with van der Waals surface area (Å²) in [7, 11) is -1.23. The van der Waals surface area contributed by atoms with Gasteiger partial charge in [-0.1, -0.05) is 31.2 Å². The SMILES string of the molecule is CC(O)c1nc(C(=O)N[C@@H](C)Cn2ccc(-c3cc(F)c(C#N)c(Cl)c3)n2)cn1COCC[Si](C)(C)C. The van der Waals surface area contributed by atoms with Crippen molar-refractivity contribution in [3.05, 3.63) is 58.5 Å². The largest absolute Gasteiger partial charge is 0.385 e. The van der Waals surface area contributed by atoms with Gasteiger partial charge in [0, 0.05) is 38.7 Å². The highest BCUT2D eigenvalue weighted by Gasteiger charge is 2.20. The van der Waals surface area contributed by atoms with Crippen molar-refractivity contribution >= 4 is 25.6 Å². The van der Waals surface area contributed by atoms with Crippen molar-refractivity contribution in [3.63, 3.8) is 0 Å². The Bertz CT molecular complexity index is 1270. The van der Waals surface area contributed by atoms with Crippen molar-refractivity contribution in [2.45, 2.75) is 65.0 Å². The molecule has 3 aromatic rings. The molecule has 2 aromatic heterocycles. The molecule has 0 radical (unpaired) electrons. The van der Waals surface area contributed by atoms with Crippen molar-refractivity contribution in [1.29, 1.82) is 5.26 Å². The first kappa shape index (κ1) is 28.5. The number of imidazole rings is 1. The van der Waals surface area contributed by atoms with Gasteiger partial charge in [-0.05, 0) is 38.1 Å². The normalized spacial score (nSPS) is 13.3. The molecule has 0 saturated heterocycles. The number of nitriles is 1. The van der Waals surface area contributed by atoms with Crippen LogP contribution in [0.3, 0.4) is 0 Å². The Morgan fingerprint density at radius 1 is 1.35 bits per heavy atom. The average molecular weight is 547 g/mol. The highest BCUT2D eigenvalue weighted by molar-refractivity contribution is 6.76. The number of amides is 1. The molecule has 2 heterocycles. The predicted octanol–water partition coefficient (Wildman–Crippen LogP) is 4.59. The van der Waals surface area contributed by atoms with Crippen LogP contribution in [0.2, 0.25) is 30.7 Å². The number of carbonyl (C=O) groups is 1. The highest BCUT2D eigenvalue weighted by Crippen LogP contribution is 2.26. The van der Waals surface area contributed by atoms with Crippen molar-refractivity contribution in [3.8, 4) is 17.3 Å². The number of aliphatic hydroxyl groups is 1. The Morgan fingerprint density at radius 3 is 2.70 bits per heavy atom. The van der Waals surface area contributed by atoms with Crippen LogP contribution in [0, 0.1) is 17.1 Å². The zero-order valence-corrected chi connectivity index (χ0v) is 23.4. The van der Waals surface area contributed by atoms with Gasteiger partial charge in [0.25, 0.3) is 5.91 Å². The molecule has 0 fully saturated rings. The van der Waals surface area contributed by atoms with E-state index in [-0.39, 0.29) is 35.0 Å². The number of nitrogens with zero attached hydrogens (tertiary/aromatic N) is 5. The number of carbonyl (C=O) groups excluding carboxylic acids is 1. The molecule has 1 unspecified atom stereocenters. The average Bonchev–Trinajstić information content (AvgIpc) is 3.43. The van der Waals surface area contributed by atoms with E-state index >= 15 is 0 Å². The minimum atomic E-state index is -1.23. The van der Waals surface area contributed by atoms with Crippen LogP contribution in [0.4, 0.5) is 4.39 Å². The number of rotatable bonds is 11. The lowest BCUT2D eigenvalue weighted by molar-refractivity contribution is 0.0769. The number of aromatic nitrogens is 4. The summed E-state index contributed by atoms with van der Waals surface area (Å²) in [5, 5.41) is 26.4. The molecule has 0 aliphatic heterocycles. The second kappa shape index (κ2) is 12.0. The Hall–Kier alpha value is -3.04. The molecule has 0 aliphatic rings. The summed E-state index contributed by atoms with van der Waals surface area (Å²) >= 11 is 6.00. The molecule has 0 aliphatic carbocycles. The van der Waals surface area contributed by atoms with Gasteiger partial charge >= 0.3 is 0 Å². The maximum atomic E-state index is 14.1. The van der Waals surface area contributed by atoms with Gasteiger partial charge < -0.3 is 19.7 Å². The Kier molecular flexibility index (Phi) is 9.25. The first-order valence-corrected chi connectivity index (χ1v) is 16.0. The van der Waals surface area contributed by atoms with E-state index in [1.807, 2.05) is 6.92 Å². The van der Waals surface area contributed by atoms with Gasteiger partial charge in [0.2, 0.25) is 0 Å². The van der Waals surface area contributed by atoms with Crippen LogP contribution >= 0.6 is 11.6 Å². The summed E-state index contributed by atoms with van der Waals surface area (Å²) in [6.45, 7) is 11.4. The van der Waals surface area contributed by atoms with Crippen LogP contribution in [0.15, 0.2) is 30.6 Å². The summed E-state index contributed by atoms with van der Waals surface area (Å²) in [4.78, 5) is 17.1. The summed E-state index contributed by atoms with van der Waals surface area (Å²) in [6.07, 6.45) is 2.43. The zero-order chi connectivity index (χ0) is 27.3. The van der Waals surface area contributed by atoms with Crippen LogP contribution in [-0.2, 0) is 18.0 Å². The van der Waals surface area contributed by atoms with E-state index in [4.69, 9.17) is 21.6 Å². The summed E-state index contributed by atoms with van der Waals surface area (Å²) in [5.41, 5.74) is 0.902. The molecule has 0 bridgehead atoms. The van der Waals surface area contributed by atoms with Gasteiger partial charge in [-0.25, -0.2) is 9.37 Å². The minimum Gasteiger partial charge on any atom is -0.385 e. The van der Waals surface area contributed by atoms with Crippen LogP contribution in [-0.4, -0.2) is 51.1 Å². The lowest BCUT2D eigenvalue weighted by Crippen LogP contribution is -2.36. The third-order valence-electron chi connectivity index (χ3n) is 5.57. The standard InChI is InChI=1S/C25H32ClFN6O3Si/c1-16(13-33-7-6-22(31-33)18-10-20(26)19(12-28)21(27)11-18)29-25(35)23-14-32(24(30-23)17(2)34)15-36-8-9-37(3,4)5/h6-7,10-11,14,16-17,34H,8-9,13,15H2,1-5H3,(H,29,35)/t16-,17?/m0/s1. The fourth-order valence-electron chi connectivity index (χ4n) is 3.59. The first-order chi connectivity index (χ1) is 17.4. The fraction of sp³-hybridized carbons (Fsp3) is 0.440. The summed E-state index contributed by atoms with van der Waals surface area (Å²) < 4.78 is 23.1. The maximum Gasteiger partial charge on any atom is 0.271 e. The molecule has 1 amide bonds. The second-order valence-electron chi connectivity index (χ2n) is 10.2. The van der Waals surface area contributed by atoms with E-state index in [9.17, 15) is 14.3 Å². The van der Waals surface area contributed by atoms with E-state index in [1.54, 1.807) is 40.7 Å². The summed E-state index contributed by atoms with van der Waals surface area (Å²) in [6, 6.07) is 6.84. The van der Waals surface area contributed by atoms with Gasteiger partial charge in [-0.15, -0.1) is 0 Å². The first-order valence-electron chi connectivity index (χ1n) is 11.9. The Morgan fingerprint density at radius 2 is 2.08 bits per heavy atom. The number of hydrogen-bond donors (Lipinski definition) is 2. The van der Waals surface area contributed by atoms with Crippen molar-refractivity contribution in [1.82, 2.24) is 24.6 Å². The van der Waals surface area contributed by atoms with E-state index in [0.29, 0.717) is 30.2 Å². The summed E-state index contributed by atoms with van der Waals surface area (Å²) in [5.74, 6) is -0.739. The van der Waals surface area contributed by atoms with Crippen LogP contribution in [0.1, 0.15) is 41.8 Å². The van der Waals surface area contributed by atoms with Crippen molar-refractivity contribution in [2.24, 2.45) is 0 Å². The fourth-order valence-corrected chi connectivity index (χ4v) is 4.59. The number of nitrogens with one attached hydrogen (secondary N) is 1. The number of hydrogen-bond acceptors (Lipinski definition) is 6. The number of halogens is 2. The predicted molar refractivity (Wildman–Crippen MR) is 141 cm³/mol. The monoisotopic (exact) mass is 546 g/mol. The number of benzene rings is 1. The second-order valence-corrected chi connectivity index (χ2v) is 16.2. The van der Waals surface area contributed by atoms with Gasteiger partial charge in [-0.2, -0.15) is 10.4 Å². The molecule has 2 N–H and O–H groups in total. The maximum absolute atomic E-state index is 14.1. The third-order valence-corrected chi connectivity index (χ3v) is 7.57. The van der Waals surface area contributed by atoms with Crippen LogP contribution in [0.5, 0.6) is 0 Å². The molecule has 0 spiro atoms. The van der Waals surface area contributed by atoms with Crippen LogP contribution < -0.4 is 5.32 Å². The van der Waals surface area contributed by atoms with E-state index in [2.05, 4.69) is 35.0 Å². The zero-order valence-electron chi connectivity index (χ0n) is 21.6. The third kappa shape index (κ3) is 7.72. The molecule has 12 heteroatoms. The molecule has 3 rings (SSSR count). The van der Waals surface area contributed by atoms with Gasteiger partial charge in [0.15, 0.2) is 0 Å². The number of aliphatic hydroxyl groups excluding tert-OH is 1. The molecule has 37 heavy (non-hydrogen) atoms.